The number of pyridine rings is 2. The number of amides is 2. The van der Waals surface area contributed by atoms with Crippen molar-refractivity contribution in [3.63, 3.8) is 0 Å². The van der Waals surface area contributed by atoms with Crippen LogP contribution >= 0.6 is 22.6 Å². The normalized spacial score (nSPS) is 18.0. The van der Waals surface area contributed by atoms with Crippen molar-refractivity contribution >= 4 is 62.6 Å². The highest BCUT2D eigenvalue weighted by Crippen LogP contribution is 2.38. The highest BCUT2D eigenvalue weighted by molar-refractivity contribution is 14.1. The van der Waals surface area contributed by atoms with Crippen LogP contribution in [0.25, 0.3) is 27.7 Å². The minimum Gasteiger partial charge on any atom is -0.380 e. The second kappa shape index (κ2) is 13.4. The first-order valence-corrected chi connectivity index (χ1v) is 16.8. The average Bonchev–Trinajstić information content (AvgIpc) is 3.70. The van der Waals surface area contributed by atoms with Crippen molar-refractivity contribution in [3.05, 3.63) is 76.8 Å². The van der Waals surface area contributed by atoms with Gasteiger partial charge < -0.3 is 19.5 Å². The Morgan fingerprint density at radius 3 is 2.52 bits per heavy atom. The van der Waals surface area contributed by atoms with Gasteiger partial charge in [0.15, 0.2) is 11.4 Å². The number of anilines is 1. The molecule has 0 bridgehead atoms. The second-order valence-electron chi connectivity index (χ2n) is 12.4. The van der Waals surface area contributed by atoms with E-state index in [0.717, 1.165) is 6.07 Å². The van der Waals surface area contributed by atoms with Gasteiger partial charge in [-0.25, -0.2) is 18.9 Å². The zero-order valence-electron chi connectivity index (χ0n) is 27.6. The Bertz CT molecular complexity index is 2180. The molecule has 0 unspecified atom stereocenters. The molecule has 16 heteroatoms. The maximum atomic E-state index is 16.2. The lowest BCUT2D eigenvalue weighted by atomic mass is 9.98. The van der Waals surface area contributed by atoms with Gasteiger partial charge in [-0.3, -0.25) is 14.4 Å². The molecule has 5 aromatic rings. The van der Waals surface area contributed by atoms with Gasteiger partial charge in [-0.2, -0.15) is 18.3 Å². The summed E-state index contributed by atoms with van der Waals surface area (Å²) in [7, 11) is 1.36. The topological polar surface area (TPSA) is 124 Å². The van der Waals surface area contributed by atoms with Crippen molar-refractivity contribution in [2.24, 2.45) is 5.92 Å². The number of hydrogen-bond acceptors (Lipinski definition) is 7. The summed E-state index contributed by atoms with van der Waals surface area (Å²) in [4.78, 5) is 49.9. The summed E-state index contributed by atoms with van der Waals surface area (Å²) in [6.45, 7) is 6.12. The highest BCUT2D eigenvalue weighted by atomic mass is 127. The number of carbonyl (C=O) groups excluding carboxylic acids is 3. The van der Waals surface area contributed by atoms with Crippen molar-refractivity contribution in [1.82, 2.24) is 29.0 Å². The predicted octanol–water partition coefficient (Wildman–Crippen LogP) is 6.51. The van der Waals surface area contributed by atoms with E-state index in [4.69, 9.17) is 4.74 Å². The number of aromatic nitrogens is 5. The number of methoxy groups -OCH3 is 1. The minimum atomic E-state index is -4.75. The number of alkyl halides is 4. The molecule has 50 heavy (non-hydrogen) atoms. The number of likely N-dealkylation sites (tertiary alicyclic amines) is 1. The molecule has 4 aromatic heterocycles. The number of nitrogens with zero attached hydrogens (tertiary/aromatic N) is 6. The molecule has 11 nitrogen and oxygen atoms in total. The molecule has 262 valence electrons. The van der Waals surface area contributed by atoms with Crippen LogP contribution in [0.5, 0.6) is 0 Å². The largest absolute Gasteiger partial charge is 0.433 e. The van der Waals surface area contributed by atoms with E-state index in [2.05, 4.69) is 43.0 Å². The van der Waals surface area contributed by atoms with Crippen molar-refractivity contribution in [2.75, 3.05) is 12.4 Å². The first-order valence-electron chi connectivity index (χ1n) is 15.6. The van der Waals surface area contributed by atoms with Crippen LogP contribution in [0.2, 0.25) is 0 Å². The van der Waals surface area contributed by atoms with E-state index < -0.39 is 39.6 Å². The number of nitrogens with one attached hydrogen (secondary N) is 1. The molecule has 0 radical (unpaired) electrons. The summed E-state index contributed by atoms with van der Waals surface area (Å²) in [5.74, 6) is -1.95. The fourth-order valence-electron chi connectivity index (χ4n) is 6.44. The van der Waals surface area contributed by atoms with E-state index in [1.54, 1.807) is 42.8 Å². The van der Waals surface area contributed by atoms with Gasteiger partial charge in [0.25, 0.3) is 0 Å². The minimum absolute atomic E-state index is 0.106. The molecule has 0 aliphatic carbocycles. The molecule has 1 aromatic carbocycles. The lowest BCUT2D eigenvalue weighted by Crippen LogP contribution is -2.47. The molecule has 0 saturated carbocycles. The summed E-state index contributed by atoms with van der Waals surface area (Å²) in [5, 5.41) is 7.26. The van der Waals surface area contributed by atoms with Gasteiger partial charge in [-0.05, 0) is 57.4 Å². The van der Waals surface area contributed by atoms with Crippen LogP contribution in [-0.4, -0.2) is 63.8 Å². The number of hydrogen-bond donors (Lipinski definition) is 1. The zero-order valence-corrected chi connectivity index (χ0v) is 29.8. The van der Waals surface area contributed by atoms with Crippen molar-refractivity contribution in [2.45, 2.75) is 63.5 Å². The van der Waals surface area contributed by atoms with E-state index in [9.17, 15) is 27.6 Å². The molecule has 1 saturated heterocycles. The monoisotopic (exact) mass is 805 g/mol. The van der Waals surface area contributed by atoms with E-state index in [1.165, 1.54) is 35.8 Å². The SMILES string of the molecule is COCc1ccc(C(F)(F)F)nc1NC(=O)[C@@H]1C[C@H](C)[C@@H](I)N1C(=O)Cn1cc(C(C)=O)c2cc(-c3ccc4nc(C)nn4c3)c(F)c(C)c21. The number of aryl methyl sites for hydroxylation is 2. The Kier molecular flexibility index (Phi) is 9.45. The number of ether oxygens (including phenoxy) is 1. The number of carbonyl (C=O) groups is 3. The fraction of sp³-hybridized carbons (Fsp3) is 0.353. The summed E-state index contributed by atoms with van der Waals surface area (Å²) in [6, 6.07) is 5.96. The standard InChI is InChI=1S/C34H32F4IN7O4/c1-16-10-25(33(49)42-32-21(15-50-5)6-8-26(41-32)34(36,37)38)46(31(16)39)28(48)14-44-13-24(18(3)47)23-11-22(29(35)17(2)30(23)44)20-7-9-27-40-19(4)43-45(27)12-20/h6-9,11-13,16,25,31H,10,14-15H2,1-5H3,(H,41,42,49)/t16-,25-,31-/m0/s1. The molecule has 1 fully saturated rings. The molecule has 1 N–H and O–H groups in total. The van der Waals surface area contributed by atoms with Crippen molar-refractivity contribution in [1.29, 1.82) is 0 Å². The fourth-order valence-corrected chi connectivity index (χ4v) is 7.43. The van der Waals surface area contributed by atoms with Crippen LogP contribution in [0.1, 0.15) is 53.3 Å². The number of rotatable bonds is 8. The van der Waals surface area contributed by atoms with E-state index >= 15 is 4.39 Å². The first kappa shape index (κ1) is 35.4. The van der Waals surface area contributed by atoms with Crippen LogP contribution in [0, 0.1) is 25.6 Å². The smallest absolute Gasteiger partial charge is 0.380 e. The summed E-state index contributed by atoms with van der Waals surface area (Å²) >= 11 is 2.06. The summed E-state index contributed by atoms with van der Waals surface area (Å²) in [6.07, 6.45) is -1.35. The van der Waals surface area contributed by atoms with Crippen molar-refractivity contribution in [3.8, 4) is 11.1 Å². The van der Waals surface area contributed by atoms with Gasteiger partial charge in [0.05, 0.1) is 16.2 Å². The van der Waals surface area contributed by atoms with Crippen LogP contribution in [0.4, 0.5) is 23.4 Å². The Morgan fingerprint density at radius 1 is 1.10 bits per heavy atom. The lowest BCUT2D eigenvalue weighted by Gasteiger charge is -2.28. The molecule has 3 atom stereocenters. The van der Waals surface area contributed by atoms with E-state index in [0.29, 0.717) is 27.9 Å². The Balaban J connectivity index is 1.34. The second-order valence-corrected chi connectivity index (χ2v) is 13.7. The number of Topliss-reactive ketones (excluding diaryl/α,β-unsaturated/α-hetero) is 1. The third-order valence-corrected chi connectivity index (χ3v) is 10.7. The van der Waals surface area contributed by atoms with Gasteiger partial charge in [0.1, 0.15) is 35.7 Å². The maximum Gasteiger partial charge on any atom is 0.433 e. The zero-order chi connectivity index (χ0) is 36.2. The molecular formula is C34H32F4IN7O4. The van der Waals surface area contributed by atoms with Gasteiger partial charge in [-0.15, -0.1) is 0 Å². The predicted molar refractivity (Wildman–Crippen MR) is 184 cm³/mol. The number of halogens is 5. The van der Waals surface area contributed by atoms with Crippen LogP contribution in [0.15, 0.2) is 42.7 Å². The quantitative estimate of drug-likeness (QED) is 0.0624. The number of benzene rings is 1. The third-order valence-electron chi connectivity index (χ3n) is 8.83. The van der Waals surface area contributed by atoms with Gasteiger partial charge in [0, 0.05) is 52.7 Å². The van der Waals surface area contributed by atoms with E-state index in [-0.39, 0.29) is 59.3 Å². The summed E-state index contributed by atoms with van der Waals surface area (Å²) in [5.41, 5.74) is 1.23. The lowest BCUT2D eigenvalue weighted by molar-refractivity contribution is -0.141. The van der Waals surface area contributed by atoms with Crippen molar-refractivity contribution < 1.29 is 36.7 Å². The molecular weight excluding hydrogens is 773 g/mol. The third kappa shape index (κ3) is 6.45. The first-order chi connectivity index (χ1) is 23.6. The Morgan fingerprint density at radius 2 is 1.84 bits per heavy atom. The average molecular weight is 806 g/mol. The number of ketones is 1. The van der Waals surface area contributed by atoms with Gasteiger partial charge in [0.2, 0.25) is 11.8 Å². The Hall–Kier alpha value is -4.45. The molecule has 1 aliphatic rings. The molecule has 0 spiro atoms. The molecule has 1 aliphatic heterocycles. The van der Waals surface area contributed by atoms with Gasteiger partial charge in [-0.1, -0.05) is 35.6 Å². The Labute approximate surface area is 297 Å². The van der Waals surface area contributed by atoms with Crippen LogP contribution in [0.3, 0.4) is 0 Å². The van der Waals surface area contributed by atoms with Gasteiger partial charge >= 0.3 is 6.18 Å². The van der Waals surface area contributed by atoms with Crippen LogP contribution in [-0.2, 0) is 33.7 Å². The van der Waals surface area contributed by atoms with Crippen LogP contribution < -0.4 is 5.32 Å². The van der Waals surface area contributed by atoms with E-state index in [1.807, 2.05) is 6.92 Å². The maximum absolute atomic E-state index is 16.2. The summed E-state index contributed by atoms with van der Waals surface area (Å²) < 4.78 is 64.3. The highest BCUT2D eigenvalue weighted by Gasteiger charge is 2.44. The number of fused-ring (bicyclic) bond motifs is 2. The molecule has 6 rings (SSSR count). The molecule has 5 heterocycles. The molecule has 2 amide bonds.